The minimum atomic E-state index is -0.552. The lowest BCUT2D eigenvalue weighted by Gasteiger charge is -2.30. The van der Waals surface area contributed by atoms with E-state index in [0.29, 0.717) is 19.7 Å². The van der Waals surface area contributed by atoms with Crippen molar-refractivity contribution in [2.45, 2.75) is 0 Å². The maximum atomic E-state index is 14.3. The van der Waals surface area contributed by atoms with Gasteiger partial charge in [0.1, 0.15) is 18.0 Å². The number of nitrogens with zero attached hydrogens (tertiary/aromatic N) is 2. The summed E-state index contributed by atoms with van der Waals surface area (Å²) in [6.45, 7) is 7.81. The Balaban J connectivity index is 1.57. The average molecular weight is 326 g/mol. The van der Waals surface area contributed by atoms with E-state index in [1.165, 1.54) is 12.1 Å². The fourth-order valence-corrected chi connectivity index (χ4v) is 3.04. The second kappa shape index (κ2) is 7.90. The number of ether oxygens (including phenoxy) is 1. The van der Waals surface area contributed by atoms with Crippen LogP contribution in [0.25, 0.3) is 0 Å². The first-order chi connectivity index (χ1) is 11.2. The SMILES string of the molecule is Fc1cc(OCCN2CCNCC2)cc(F)c1N1CCNCC1. The van der Waals surface area contributed by atoms with Gasteiger partial charge < -0.3 is 20.3 Å². The van der Waals surface area contributed by atoms with Crippen LogP contribution in [-0.4, -0.2) is 70.4 Å². The van der Waals surface area contributed by atoms with Crippen LogP contribution in [0.15, 0.2) is 12.1 Å². The van der Waals surface area contributed by atoms with Gasteiger partial charge in [0.15, 0.2) is 11.6 Å². The molecule has 5 nitrogen and oxygen atoms in total. The molecule has 0 saturated carbocycles. The van der Waals surface area contributed by atoms with Crippen LogP contribution < -0.4 is 20.3 Å². The monoisotopic (exact) mass is 326 g/mol. The van der Waals surface area contributed by atoms with Crippen LogP contribution >= 0.6 is 0 Å². The van der Waals surface area contributed by atoms with Crippen molar-refractivity contribution >= 4 is 5.69 Å². The third-order valence-electron chi connectivity index (χ3n) is 4.31. The van der Waals surface area contributed by atoms with Crippen molar-refractivity contribution in [1.29, 1.82) is 0 Å². The number of piperazine rings is 2. The second-order valence-corrected chi connectivity index (χ2v) is 5.91. The van der Waals surface area contributed by atoms with E-state index in [2.05, 4.69) is 15.5 Å². The summed E-state index contributed by atoms with van der Waals surface area (Å²) in [6, 6.07) is 2.58. The smallest absolute Gasteiger partial charge is 0.153 e. The summed E-state index contributed by atoms with van der Waals surface area (Å²) in [6.07, 6.45) is 0. The highest BCUT2D eigenvalue weighted by molar-refractivity contribution is 5.52. The first-order valence-corrected chi connectivity index (χ1v) is 8.24. The van der Waals surface area contributed by atoms with Gasteiger partial charge in [-0.2, -0.15) is 0 Å². The number of anilines is 1. The third-order valence-corrected chi connectivity index (χ3v) is 4.31. The first-order valence-electron chi connectivity index (χ1n) is 8.24. The van der Waals surface area contributed by atoms with Crippen molar-refractivity contribution in [3.05, 3.63) is 23.8 Å². The van der Waals surface area contributed by atoms with Gasteiger partial charge in [0.05, 0.1) is 0 Å². The van der Waals surface area contributed by atoms with Crippen LogP contribution in [0.1, 0.15) is 0 Å². The van der Waals surface area contributed by atoms with Gasteiger partial charge in [-0.1, -0.05) is 0 Å². The maximum absolute atomic E-state index is 14.3. The molecule has 128 valence electrons. The van der Waals surface area contributed by atoms with E-state index in [0.717, 1.165) is 45.8 Å². The molecule has 0 aliphatic carbocycles. The number of rotatable bonds is 5. The van der Waals surface area contributed by atoms with Crippen molar-refractivity contribution < 1.29 is 13.5 Å². The summed E-state index contributed by atoms with van der Waals surface area (Å²) >= 11 is 0. The zero-order valence-electron chi connectivity index (χ0n) is 13.3. The van der Waals surface area contributed by atoms with Gasteiger partial charge in [0, 0.05) is 71.0 Å². The van der Waals surface area contributed by atoms with Crippen LogP contribution in [0.5, 0.6) is 5.75 Å². The highest BCUT2D eigenvalue weighted by atomic mass is 19.1. The van der Waals surface area contributed by atoms with Crippen LogP contribution in [0.3, 0.4) is 0 Å². The molecular formula is C16H24F2N4O. The predicted molar refractivity (Wildman–Crippen MR) is 86.2 cm³/mol. The lowest BCUT2D eigenvalue weighted by atomic mass is 10.2. The van der Waals surface area contributed by atoms with Crippen molar-refractivity contribution in [3.8, 4) is 5.75 Å². The predicted octanol–water partition coefficient (Wildman–Crippen LogP) is 0.658. The molecule has 3 rings (SSSR count). The normalized spacial score (nSPS) is 19.8. The minimum Gasteiger partial charge on any atom is -0.492 e. The van der Waals surface area contributed by atoms with Crippen molar-refractivity contribution in [1.82, 2.24) is 15.5 Å². The fourth-order valence-electron chi connectivity index (χ4n) is 3.04. The molecule has 2 N–H and O–H groups in total. The third kappa shape index (κ3) is 4.31. The van der Waals surface area contributed by atoms with Gasteiger partial charge >= 0.3 is 0 Å². The van der Waals surface area contributed by atoms with Crippen LogP contribution in [0.2, 0.25) is 0 Å². The highest BCUT2D eigenvalue weighted by Crippen LogP contribution is 2.28. The Morgan fingerprint density at radius 1 is 0.913 bits per heavy atom. The molecular weight excluding hydrogens is 302 g/mol. The van der Waals surface area contributed by atoms with E-state index in [-0.39, 0.29) is 11.4 Å². The molecule has 1 aromatic carbocycles. The van der Waals surface area contributed by atoms with Gasteiger partial charge in [-0.05, 0) is 0 Å². The number of halogens is 2. The lowest BCUT2D eigenvalue weighted by molar-refractivity contribution is 0.191. The average Bonchev–Trinajstić information content (AvgIpc) is 2.56. The molecule has 2 aliphatic heterocycles. The van der Waals surface area contributed by atoms with Crippen LogP contribution in [0, 0.1) is 11.6 Å². The molecule has 2 fully saturated rings. The van der Waals surface area contributed by atoms with Gasteiger partial charge in [-0.3, -0.25) is 4.90 Å². The quantitative estimate of drug-likeness (QED) is 0.832. The van der Waals surface area contributed by atoms with Gasteiger partial charge in [0.25, 0.3) is 0 Å². The molecule has 0 spiro atoms. The summed E-state index contributed by atoms with van der Waals surface area (Å²) in [5.41, 5.74) is 0.0564. The molecule has 2 heterocycles. The summed E-state index contributed by atoms with van der Waals surface area (Å²) in [7, 11) is 0. The summed E-state index contributed by atoms with van der Waals surface area (Å²) in [5, 5.41) is 6.46. The molecule has 0 unspecified atom stereocenters. The van der Waals surface area contributed by atoms with Gasteiger partial charge in [-0.25, -0.2) is 8.78 Å². The maximum Gasteiger partial charge on any atom is 0.153 e. The molecule has 2 saturated heterocycles. The van der Waals surface area contributed by atoms with Crippen molar-refractivity contribution in [2.24, 2.45) is 0 Å². The molecule has 23 heavy (non-hydrogen) atoms. The Hall–Kier alpha value is -1.44. The molecule has 1 aromatic rings. The zero-order valence-corrected chi connectivity index (χ0v) is 13.3. The van der Waals surface area contributed by atoms with Crippen molar-refractivity contribution in [2.75, 3.05) is 70.4 Å². The molecule has 0 aromatic heterocycles. The highest BCUT2D eigenvalue weighted by Gasteiger charge is 2.20. The van der Waals surface area contributed by atoms with Crippen molar-refractivity contribution in [3.63, 3.8) is 0 Å². The van der Waals surface area contributed by atoms with Crippen LogP contribution in [-0.2, 0) is 0 Å². The standard InChI is InChI=1S/C16H24F2N4O/c17-14-11-13(23-10-9-21-5-1-19-2-6-21)12-15(18)16(14)22-7-3-20-4-8-22/h11-12,19-20H,1-10H2. The Morgan fingerprint density at radius 3 is 2.09 bits per heavy atom. The molecule has 0 amide bonds. The minimum absolute atomic E-state index is 0.0564. The Kier molecular flexibility index (Phi) is 5.64. The number of hydrogen-bond acceptors (Lipinski definition) is 5. The molecule has 2 aliphatic rings. The van der Waals surface area contributed by atoms with E-state index < -0.39 is 11.6 Å². The Labute approximate surface area is 135 Å². The van der Waals surface area contributed by atoms with E-state index in [9.17, 15) is 8.78 Å². The van der Waals surface area contributed by atoms with Gasteiger partial charge in [0.2, 0.25) is 0 Å². The Morgan fingerprint density at radius 2 is 1.48 bits per heavy atom. The van der Waals surface area contributed by atoms with E-state index >= 15 is 0 Å². The van der Waals surface area contributed by atoms with E-state index in [1.54, 1.807) is 4.90 Å². The first kappa shape index (κ1) is 16.4. The largest absolute Gasteiger partial charge is 0.492 e. The summed E-state index contributed by atoms with van der Waals surface area (Å²) < 4.78 is 34.1. The Bertz CT molecular complexity index is 494. The molecule has 0 radical (unpaired) electrons. The van der Waals surface area contributed by atoms with E-state index in [4.69, 9.17) is 4.74 Å². The lowest BCUT2D eigenvalue weighted by Crippen LogP contribution is -2.44. The van der Waals surface area contributed by atoms with Gasteiger partial charge in [-0.15, -0.1) is 0 Å². The molecule has 0 bridgehead atoms. The topological polar surface area (TPSA) is 39.8 Å². The fraction of sp³-hybridized carbons (Fsp3) is 0.625. The summed E-state index contributed by atoms with van der Waals surface area (Å²) in [4.78, 5) is 4.02. The number of nitrogens with one attached hydrogen (secondary N) is 2. The molecule has 0 atom stereocenters. The number of benzene rings is 1. The molecule has 7 heteroatoms. The zero-order chi connectivity index (χ0) is 16.1. The number of hydrogen-bond donors (Lipinski definition) is 2. The van der Waals surface area contributed by atoms with Crippen LogP contribution in [0.4, 0.5) is 14.5 Å². The summed E-state index contributed by atoms with van der Waals surface area (Å²) in [5.74, 6) is -0.845. The van der Waals surface area contributed by atoms with E-state index in [1.807, 2.05) is 0 Å². The second-order valence-electron chi connectivity index (χ2n) is 5.91.